The van der Waals surface area contributed by atoms with Crippen LogP contribution in [0, 0.1) is 0 Å². The van der Waals surface area contributed by atoms with Crippen LogP contribution in [0.5, 0.6) is 5.75 Å². The van der Waals surface area contributed by atoms with Crippen LogP contribution in [-0.4, -0.2) is 28.2 Å². The van der Waals surface area contributed by atoms with Crippen LogP contribution in [0.2, 0.25) is 5.02 Å². The van der Waals surface area contributed by atoms with Gasteiger partial charge in [-0.05, 0) is 41.8 Å². The average Bonchev–Trinajstić information content (AvgIpc) is 2.53. The van der Waals surface area contributed by atoms with Crippen molar-refractivity contribution in [2.24, 2.45) is 0 Å². The predicted molar refractivity (Wildman–Crippen MR) is 89.4 cm³/mol. The maximum atomic E-state index is 12.4. The normalized spacial score (nSPS) is 13.8. The molecule has 114 valence electrons. The van der Waals surface area contributed by atoms with E-state index in [4.69, 9.17) is 11.6 Å². The molecule has 1 heterocycles. The first-order valence-corrected chi connectivity index (χ1v) is 8.46. The van der Waals surface area contributed by atoms with E-state index < -0.39 is 0 Å². The fourth-order valence-electron chi connectivity index (χ4n) is 2.55. The highest BCUT2D eigenvalue weighted by Gasteiger charge is 2.21. The van der Waals surface area contributed by atoms with Gasteiger partial charge >= 0.3 is 0 Å². The number of phenols is 1. The summed E-state index contributed by atoms with van der Waals surface area (Å²) in [6.07, 6.45) is 0.861. The Morgan fingerprint density at radius 3 is 2.86 bits per heavy atom. The van der Waals surface area contributed by atoms with Gasteiger partial charge in [-0.3, -0.25) is 4.79 Å². The van der Waals surface area contributed by atoms with Gasteiger partial charge in [0.15, 0.2) is 0 Å². The minimum absolute atomic E-state index is 0.0823. The van der Waals surface area contributed by atoms with Crippen molar-refractivity contribution in [1.29, 1.82) is 0 Å². The summed E-state index contributed by atoms with van der Waals surface area (Å²) >= 11 is 7.39. The van der Waals surface area contributed by atoms with E-state index in [9.17, 15) is 9.90 Å². The maximum Gasteiger partial charge on any atom is 0.233 e. The predicted octanol–water partition coefficient (Wildman–Crippen LogP) is 3.72. The van der Waals surface area contributed by atoms with Crippen LogP contribution in [0.4, 0.5) is 0 Å². The Morgan fingerprint density at radius 1 is 1.23 bits per heavy atom. The molecule has 0 aliphatic carbocycles. The summed E-state index contributed by atoms with van der Waals surface area (Å²) in [5.74, 6) is 0.628. The number of carbonyl (C=O) groups excluding carboxylic acids is 1. The minimum atomic E-state index is 0.0823. The Morgan fingerprint density at radius 2 is 2.05 bits per heavy atom. The molecule has 2 aromatic carbocycles. The molecule has 5 heteroatoms. The molecule has 1 amide bonds. The Labute approximate surface area is 138 Å². The number of thioether (sulfide) groups is 1. The number of benzene rings is 2. The second-order valence-electron chi connectivity index (χ2n) is 5.23. The van der Waals surface area contributed by atoms with Crippen LogP contribution in [0.1, 0.15) is 11.1 Å². The van der Waals surface area contributed by atoms with E-state index in [1.54, 1.807) is 12.1 Å². The molecule has 0 radical (unpaired) electrons. The van der Waals surface area contributed by atoms with Gasteiger partial charge in [0.1, 0.15) is 5.75 Å². The lowest BCUT2D eigenvalue weighted by Gasteiger charge is -2.29. The quantitative estimate of drug-likeness (QED) is 0.870. The zero-order valence-corrected chi connectivity index (χ0v) is 13.5. The Kier molecular flexibility index (Phi) is 4.60. The number of rotatable bonds is 3. The molecule has 0 atom stereocenters. The number of fused-ring (bicyclic) bond motifs is 1. The number of amides is 1. The van der Waals surface area contributed by atoms with Crippen molar-refractivity contribution >= 4 is 29.3 Å². The lowest BCUT2D eigenvalue weighted by Crippen LogP contribution is -2.37. The number of hydrogen-bond donors (Lipinski definition) is 1. The van der Waals surface area contributed by atoms with Crippen molar-refractivity contribution < 1.29 is 9.90 Å². The molecule has 0 saturated carbocycles. The van der Waals surface area contributed by atoms with E-state index in [1.807, 2.05) is 35.2 Å². The zero-order valence-electron chi connectivity index (χ0n) is 12.0. The summed E-state index contributed by atoms with van der Waals surface area (Å²) in [6, 6.07) is 12.9. The van der Waals surface area contributed by atoms with Gasteiger partial charge in [-0.15, -0.1) is 11.8 Å². The third kappa shape index (κ3) is 3.39. The molecule has 0 spiro atoms. The number of carbonyl (C=O) groups is 1. The van der Waals surface area contributed by atoms with Crippen molar-refractivity contribution in [2.75, 3.05) is 12.3 Å². The molecule has 1 N–H and O–H groups in total. The summed E-state index contributed by atoms with van der Waals surface area (Å²) < 4.78 is 0. The van der Waals surface area contributed by atoms with Gasteiger partial charge in [-0.25, -0.2) is 0 Å². The number of halogens is 1. The molecule has 0 unspecified atom stereocenters. The number of hydrogen-bond acceptors (Lipinski definition) is 3. The second kappa shape index (κ2) is 6.63. The number of para-hydroxylation sites is 1. The smallest absolute Gasteiger partial charge is 0.233 e. The highest BCUT2D eigenvalue weighted by molar-refractivity contribution is 8.00. The first-order chi connectivity index (χ1) is 10.6. The zero-order chi connectivity index (χ0) is 15.5. The Bertz CT molecular complexity index is 705. The summed E-state index contributed by atoms with van der Waals surface area (Å²) in [4.78, 5) is 15.0. The van der Waals surface area contributed by atoms with Gasteiger partial charge in [-0.1, -0.05) is 29.8 Å². The lowest BCUT2D eigenvalue weighted by atomic mass is 10.00. The van der Waals surface area contributed by atoms with Crippen LogP contribution in [0.3, 0.4) is 0 Å². The molecule has 3 nitrogen and oxygen atoms in total. The van der Waals surface area contributed by atoms with E-state index >= 15 is 0 Å². The highest BCUT2D eigenvalue weighted by atomic mass is 35.5. The van der Waals surface area contributed by atoms with Crippen molar-refractivity contribution in [3.8, 4) is 5.75 Å². The van der Waals surface area contributed by atoms with E-state index in [2.05, 4.69) is 0 Å². The van der Waals surface area contributed by atoms with Crippen molar-refractivity contribution in [3.05, 3.63) is 58.6 Å². The van der Waals surface area contributed by atoms with Crippen molar-refractivity contribution in [1.82, 2.24) is 4.90 Å². The maximum absolute atomic E-state index is 12.4. The van der Waals surface area contributed by atoms with Gasteiger partial charge in [0, 0.05) is 23.0 Å². The third-order valence-corrected chi connectivity index (χ3v) is 5.03. The fourth-order valence-corrected chi connectivity index (χ4v) is 3.60. The van der Waals surface area contributed by atoms with Crippen LogP contribution >= 0.6 is 23.4 Å². The Hall–Kier alpha value is -1.65. The molecule has 1 aliphatic rings. The lowest BCUT2D eigenvalue weighted by molar-refractivity contribution is -0.129. The molecule has 0 aromatic heterocycles. The molecule has 2 aromatic rings. The molecule has 3 rings (SSSR count). The molecular formula is C17H16ClNO2S. The van der Waals surface area contributed by atoms with Crippen LogP contribution < -0.4 is 0 Å². The van der Waals surface area contributed by atoms with Crippen molar-refractivity contribution in [3.63, 3.8) is 0 Å². The summed E-state index contributed by atoms with van der Waals surface area (Å²) in [6.45, 7) is 1.34. The molecule has 0 fully saturated rings. The SMILES string of the molecule is O=C(CSc1ccccc1O)N1CCc2ccc(Cl)cc2C1. The van der Waals surface area contributed by atoms with Crippen molar-refractivity contribution in [2.45, 2.75) is 17.9 Å². The van der Waals surface area contributed by atoms with E-state index in [-0.39, 0.29) is 11.7 Å². The van der Waals surface area contributed by atoms with E-state index in [0.717, 1.165) is 23.4 Å². The number of aromatic hydroxyl groups is 1. The highest BCUT2D eigenvalue weighted by Crippen LogP contribution is 2.29. The molecule has 22 heavy (non-hydrogen) atoms. The molecule has 0 bridgehead atoms. The third-order valence-electron chi connectivity index (χ3n) is 3.75. The van der Waals surface area contributed by atoms with E-state index in [0.29, 0.717) is 17.3 Å². The van der Waals surface area contributed by atoms with Crippen LogP contribution in [0.25, 0.3) is 0 Å². The monoisotopic (exact) mass is 333 g/mol. The fraction of sp³-hybridized carbons (Fsp3) is 0.235. The van der Waals surface area contributed by atoms with Crippen LogP contribution in [0.15, 0.2) is 47.4 Å². The molecular weight excluding hydrogens is 318 g/mol. The van der Waals surface area contributed by atoms with Crippen LogP contribution in [-0.2, 0) is 17.8 Å². The first-order valence-electron chi connectivity index (χ1n) is 7.09. The Balaban J connectivity index is 1.63. The van der Waals surface area contributed by atoms with Gasteiger partial charge in [0.25, 0.3) is 0 Å². The number of nitrogens with zero attached hydrogens (tertiary/aromatic N) is 1. The minimum Gasteiger partial charge on any atom is -0.507 e. The summed E-state index contributed by atoms with van der Waals surface area (Å²) in [5, 5.41) is 10.4. The topological polar surface area (TPSA) is 40.5 Å². The number of phenolic OH excluding ortho intramolecular Hbond substituents is 1. The standard InChI is InChI=1S/C17H16ClNO2S/c18-14-6-5-12-7-8-19(10-13(12)9-14)17(21)11-22-16-4-2-1-3-15(16)20/h1-6,9,20H,7-8,10-11H2. The van der Waals surface area contributed by atoms with Gasteiger partial charge in [0.05, 0.1) is 5.75 Å². The van der Waals surface area contributed by atoms with Gasteiger partial charge in [-0.2, -0.15) is 0 Å². The molecule has 1 aliphatic heterocycles. The van der Waals surface area contributed by atoms with Gasteiger partial charge in [0.2, 0.25) is 5.91 Å². The van der Waals surface area contributed by atoms with E-state index in [1.165, 1.54) is 17.3 Å². The van der Waals surface area contributed by atoms with Gasteiger partial charge < -0.3 is 10.0 Å². The summed E-state index contributed by atoms with van der Waals surface area (Å²) in [5.41, 5.74) is 2.39. The average molecular weight is 334 g/mol. The largest absolute Gasteiger partial charge is 0.507 e. The first kappa shape index (κ1) is 15.3. The molecule has 0 saturated heterocycles. The summed E-state index contributed by atoms with van der Waals surface area (Å²) in [7, 11) is 0. The second-order valence-corrected chi connectivity index (χ2v) is 6.69.